The Morgan fingerprint density at radius 3 is 0.962 bits per heavy atom. The first-order valence-electron chi connectivity index (χ1n) is 15.7. The number of rotatable bonds is 8. The van der Waals surface area contributed by atoms with Crippen molar-refractivity contribution in [2.75, 3.05) is 19.2 Å². The Kier molecular flexibility index (Phi) is 7.51. The minimum atomic E-state index is -4.18. The summed E-state index contributed by atoms with van der Waals surface area (Å²) in [7, 11) is -8.36. The minimum absolute atomic E-state index is 0.133. The Morgan fingerprint density at radius 1 is 0.365 bits per heavy atom. The van der Waals surface area contributed by atoms with Gasteiger partial charge in [-0.2, -0.15) is 0 Å². The molecule has 2 heterocycles. The number of fused-ring (bicyclic) bond motifs is 3. The summed E-state index contributed by atoms with van der Waals surface area (Å²) < 4.78 is 59.1. The van der Waals surface area contributed by atoms with Crippen molar-refractivity contribution >= 4 is 77.2 Å². The molecule has 0 aromatic heterocycles. The molecule has 0 spiro atoms. The standard InChI is InChI=1S/C38H24N4O8S2/c43-35-29-9-3-4-10-30(29)36(44)41(35)23-13-17-25(18-14-23)51(47,48)39-33-21-22-34(28-8-2-1-7-27(28)33)40-52(49,50)26-19-15-24(16-20-26)42-37(45)31-11-5-6-12-32(31)38(42)46/h1-22,39-40H. The number of hydrogen-bond donors (Lipinski definition) is 2. The number of sulfonamides is 2. The topological polar surface area (TPSA) is 167 Å². The van der Waals surface area contributed by atoms with Crippen LogP contribution in [0.4, 0.5) is 22.7 Å². The molecule has 12 nitrogen and oxygen atoms in total. The van der Waals surface area contributed by atoms with Crippen molar-refractivity contribution in [2.24, 2.45) is 0 Å². The second kappa shape index (κ2) is 12.0. The van der Waals surface area contributed by atoms with Crippen LogP contribution in [0.2, 0.25) is 0 Å². The SMILES string of the molecule is O=C1c2ccccc2C(=O)N1c1ccc(S(=O)(=O)Nc2ccc(NS(=O)(=O)c3ccc(N4C(=O)c5ccccc5C4=O)cc3)c3ccccc23)cc1. The molecule has 0 fully saturated rings. The van der Waals surface area contributed by atoms with E-state index >= 15 is 0 Å². The summed E-state index contributed by atoms with van der Waals surface area (Å²) in [6.07, 6.45) is 0. The molecule has 0 aliphatic carbocycles. The van der Waals surface area contributed by atoms with E-state index in [-0.39, 0.29) is 54.8 Å². The van der Waals surface area contributed by atoms with Crippen molar-refractivity contribution in [1.82, 2.24) is 0 Å². The Labute approximate surface area is 297 Å². The highest BCUT2D eigenvalue weighted by atomic mass is 32.2. The number of benzene rings is 6. The Bertz CT molecular complexity index is 2490. The average molecular weight is 729 g/mol. The van der Waals surface area contributed by atoms with Crippen LogP contribution in [-0.4, -0.2) is 40.5 Å². The molecule has 52 heavy (non-hydrogen) atoms. The van der Waals surface area contributed by atoms with Crippen molar-refractivity contribution in [2.45, 2.75) is 9.79 Å². The second-order valence-electron chi connectivity index (χ2n) is 11.9. The highest BCUT2D eigenvalue weighted by Crippen LogP contribution is 2.35. The van der Waals surface area contributed by atoms with Gasteiger partial charge in [0.05, 0.1) is 54.8 Å². The molecule has 4 amide bonds. The quantitative estimate of drug-likeness (QED) is 0.179. The molecular weight excluding hydrogens is 705 g/mol. The number of carbonyl (C=O) groups excluding carboxylic acids is 4. The third-order valence-electron chi connectivity index (χ3n) is 8.81. The molecule has 256 valence electrons. The van der Waals surface area contributed by atoms with Gasteiger partial charge in [0.2, 0.25) is 0 Å². The highest BCUT2D eigenvalue weighted by Gasteiger charge is 2.37. The lowest BCUT2D eigenvalue weighted by Gasteiger charge is -2.17. The lowest BCUT2D eigenvalue weighted by molar-refractivity contribution is 0.0910. The summed E-state index contributed by atoms with van der Waals surface area (Å²) in [5.41, 5.74) is 1.83. The molecular formula is C38H24N4O8S2. The van der Waals surface area contributed by atoms with E-state index in [2.05, 4.69) is 9.44 Å². The molecule has 0 saturated heterocycles. The number of amides is 4. The van der Waals surface area contributed by atoms with Gasteiger partial charge < -0.3 is 0 Å². The van der Waals surface area contributed by atoms with Crippen LogP contribution < -0.4 is 19.2 Å². The van der Waals surface area contributed by atoms with Crippen molar-refractivity contribution in [3.8, 4) is 0 Å². The van der Waals surface area contributed by atoms with E-state index in [9.17, 15) is 36.0 Å². The molecule has 0 unspecified atom stereocenters. The Hall–Kier alpha value is -6.64. The van der Waals surface area contributed by atoms with Crippen LogP contribution in [0.25, 0.3) is 10.8 Å². The number of hydrogen-bond acceptors (Lipinski definition) is 8. The molecule has 14 heteroatoms. The van der Waals surface area contributed by atoms with E-state index < -0.39 is 43.7 Å². The van der Waals surface area contributed by atoms with Gasteiger partial charge in [-0.05, 0) is 84.9 Å². The predicted molar refractivity (Wildman–Crippen MR) is 194 cm³/mol. The Balaban J connectivity index is 1.02. The van der Waals surface area contributed by atoms with Crippen LogP contribution in [0.3, 0.4) is 0 Å². The third kappa shape index (κ3) is 5.28. The van der Waals surface area contributed by atoms with Crippen molar-refractivity contribution in [3.63, 3.8) is 0 Å². The molecule has 0 saturated carbocycles. The summed E-state index contributed by atoms with van der Waals surface area (Å²) in [5.74, 6) is -2.02. The smallest absolute Gasteiger partial charge is 0.266 e. The zero-order chi connectivity index (χ0) is 36.4. The van der Waals surface area contributed by atoms with Crippen LogP contribution >= 0.6 is 0 Å². The maximum Gasteiger partial charge on any atom is 0.266 e. The van der Waals surface area contributed by atoms with Crippen LogP contribution in [-0.2, 0) is 20.0 Å². The molecule has 8 rings (SSSR count). The summed E-state index contributed by atoms with van der Waals surface area (Å²) in [6, 6.07) is 32.9. The fourth-order valence-electron chi connectivity index (χ4n) is 6.28. The predicted octanol–water partition coefficient (Wildman–Crippen LogP) is 6.04. The normalized spacial score (nSPS) is 14.2. The summed E-state index contributed by atoms with van der Waals surface area (Å²) >= 11 is 0. The van der Waals surface area contributed by atoms with E-state index in [0.717, 1.165) is 9.80 Å². The van der Waals surface area contributed by atoms with Gasteiger partial charge in [0.25, 0.3) is 43.7 Å². The summed E-state index contributed by atoms with van der Waals surface area (Å²) in [6.45, 7) is 0. The zero-order valence-electron chi connectivity index (χ0n) is 26.7. The van der Waals surface area contributed by atoms with Crippen molar-refractivity contribution in [1.29, 1.82) is 0 Å². The zero-order valence-corrected chi connectivity index (χ0v) is 28.3. The number of nitrogens with one attached hydrogen (secondary N) is 2. The van der Waals surface area contributed by atoms with E-state index in [1.165, 1.54) is 60.7 Å². The molecule has 6 aromatic rings. The third-order valence-corrected chi connectivity index (χ3v) is 11.6. The largest absolute Gasteiger partial charge is 0.279 e. The first-order valence-corrected chi connectivity index (χ1v) is 18.6. The number of imide groups is 2. The monoisotopic (exact) mass is 728 g/mol. The number of nitrogens with zero attached hydrogens (tertiary/aromatic N) is 2. The summed E-state index contributed by atoms with van der Waals surface area (Å²) in [5, 5.41) is 0.796. The van der Waals surface area contributed by atoms with Crippen LogP contribution in [0.1, 0.15) is 41.4 Å². The van der Waals surface area contributed by atoms with Crippen LogP contribution in [0, 0.1) is 0 Å². The van der Waals surface area contributed by atoms with E-state index in [0.29, 0.717) is 10.8 Å². The molecule has 0 bridgehead atoms. The first-order chi connectivity index (χ1) is 24.9. The minimum Gasteiger partial charge on any atom is -0.279 e. The maximum absolute atomic E-state index is 13.5. The van der Waals surface area contributed by atoms with Crippen LogP contribution in [0.15, 0.2) is 143 Å². The van der Waals surface area contributed by atoms with Gasteiger partial charge in [0.1, 0.15) is 0 Å². The Morgan fingerprint density at radius 2 is 0.654 bits per heavy atom. The lowest BCUT2D eigenvalue weighted by Crippen LogP contribution is -2.29. The van der Waals surface area contributed by atoms with Gasteiger partial charge in [-0.1, -0.05) is 48.5 Å². The van der Waals surface area contributed by atoms with Gasteiger partial charge in [0.15, 0.2) is 0 Å². The fraction of sp³-hybridized carbons (Fsp3) is 0. The van der Waals surface area contributed by atoms with E-state index in [1.807, 2.05) is 0 Å². The lowest BCUT2D eigenvalue weighted by atomic mass is 10.1. The molecule has 2 N–H and O–H groups in total. The van der Waals surface area contributed by atoms with Gasteiger partial charge in [-0.3, -0.25) is 28.6 Å². The fourth-order valence-corrected chi connectivity index (χ4v) is 8.44. The molecule has 0 radical (unpaired) electrons. The van der Waals surface area contributed by atoms with Gasteiger partial charge in [-0.25, -0.2) is 26.6 Å². The average Bonchev–Trinajstić information content (AvgIpc) is 3.56. The van der Waals surface area contributed by atoms with Gasteiger partial charge >= 0.3 is 0 Å². The number of carbonyl (C=O) groups is 4. The molecule has 0 atom stereocenters. The summed E-state index contributed by atoms with van der Waals surface area (Å²) in [4.78, 5) is 53.2. The molecule has 2 aliphatic rings. The second-order valence-corrected chi connectivity index (χ2v) is 15.3. The van der Waals surface area contributed by atoms with Crippen molar-refractivity contribution in [3.05, 3.63) is 156 Å². The van der Waals surface area contributed by atoms with E-state index in [1.54, 1.807) is 72.8 Å². The van der Waals surface area contributed by atoms with Crippen LogP contribution in [0.5, 0.6) is 0 Å². The van der Waals surface area contributed by atoms with Gasteiger partial charge in [-0.15, -0.1) is 0 Å². The van der Waals surface area contributed by atoms with Gasteiger partial charge in [0, 0.05) is 10.8 Å². The molecule has 6 aromatic carbocycles. The first kappa shape index (κ1) is 32.6. The highest BCUT2D eigenvalue weighted by molar-refractivity contribution is 7.93. The molecule has 2 aliphatic heterocycles. The number of anilines is 4. The van der Waals surface area contributed by atoms with E-state index in [4.69, 9.17) is 0 Å². The maximum atomic E-state index is 13.5. The van der Waals surface area contributed by atoms with Crippen molar-refractivity contribution < 1.29 is 36.0 Å².